The fourth-order valence-corrected chi connectivity index (χ4v) is 5.20. The molecule has 1 aromatic rings. The molecular weight excluding hydrogens is 388 g/mol. The monoisotopic (exact) mass is 422 g/mol. The highest BCUT2D eigenvalue weighted by Gasteiger charge is 2.27. The molecule has 0 atom stereocenters. The standard InChI is InChI=1S/C21H34N4O3S/c1-22-21(23-12-7-15-28-17-18-10-11-18)24-16-19-8-3-4-9-20(19)29(26,27)25-13-5-2-6-14-25/h3-4,8-9,18H,2,5-7,10-17H2,1H3,(H2,22,23,24). The largest absolute Gasteiger partial charge is 0.381 e. The van der Waals surface area contributed by atoms with Crippen molar-refractivity contribution in [1.29, 1.82) is 0 Å². The van der Waals surface area contributed by atoms with Crippen molar-refractivity contribution < 1.29 is 13.2 Å². The van der Waals surface area contributed by atoms with E-state index < -0.39 is 10.0 Å². The van der Waals surface area contributed by atoms with Gasteiger partial charge < -0.3 is 15.4 Å². The van der Waals surface area contributed by atoms with E-state index in [1.807, 2.05) is 12.1 Å². The summed E-state index contributed by atoms with van der Waals surface area (Å²) >= 11 is 0. The molecule has 0 spiro atoms. The van der Waals surface area contributed by atoms with Gasteiger partial charge in [-0.1, -0.05) is 24.6 Å². The van der Waals surface area contributed by atoms with E-state index in [1.165, 1.54) is 12.8 Å². The zero-order valence-electron chi connectivity index (χ0n) is 17.4. The summed E-state index contributed by atoms with van der Waals surface area (Å²) in [5, 5.41) is 6.50. The maximum atomic E-state index is 13.1. The fourth-order valence-electron chi connectivity index (χ4n) is 3.46. The highest BCUT2D eigenvalue weighted by Crippen LogP contribution is 2.28. The number of guanidine groups is 1. The predicted octanol–water partition coefficient (Wildman–Crippen LogP) is 2.34. The minimum Gasteiger partial charge on any atom is -0.381 e. The van der Waals surface area contributed by atoms with Crippen molar-refractivity contribution in [2.24, 2.45) is 10.9 Å². The lowest BCUT2D eigenvalue weighted by molar-refractivity contribution is 0.123. The Morgan fingerprint density at radius 1 is 1.17 bits per heavy atom. The van der Waals surface area contributed by atoms with Gasteiger partial charge in [0.05, 0.1) is 4.90 Å². The molecule has 1 saturated carbocycles. The lowest BCUT2D eigenvalue weighted by Crippen LogP contribution is -2.39. The third kappa shape index (κ3) is 6.69. The van der Waals surface area contributed by atoms with E-state index in [0.717, 1.165) is 56.9 Å². The first kappa shape index (κ1) is 22.1. The molecule has 0 amide bonds. The van der Waals surface area contributed by atoms with Crippen LogP contribution in [0.25, 0.3) is 0 Å². The molecular formula is C21H34N4O3S. The molecule has 3 rings (SSSR count). The zero-order chi connectivity index (χ0) is 20.5. The molecule has 1 saturated heterocycles. The highest BCUT2D eigenvalue weighted by molar-refractivity contribution is 7.89. The number of nitrogens with one attached hydrogen (secondary N) is 2. The summed E-state index contributed by atoms with van der Waals surface area (Å²) in [5.41, 5.74) is 0.758. The van der Waals surface area contributed by atoms with Crippen molar-refractivity contribution in [3.63, 3.8) is 0 Å². The Kier molecular flexibility index (Phi) is 8.32. The van der Waals surface area contributed by atoms with Crippen LogP contribution in [0, 0.1) is 5.92 Å². The average Bonchev–Trinajstić information content (AvgIpc) is 3.58. The molecule has 1 aromatic carbocycles. The summed E-state index contributed by atoms with van der Waals surface area (Å²) in [5.74, 6) is 1.45. The van der Waals surface area contributed by atoms with Crippen LogP contribution < -0.4 is 10.6 Å². The van der Waals surface area contributed by atoms with Crippen molar-refractivity contribution in [3.8, 4) is 0 Å². The van der Waals surface area contributed by atoms with Crippen LogP contribution in [-0.4, -0.2) is 58.6 Å². The number of benzene rings is 1. The Hall–Kier alpha value is -1.64. The summed E-state index contributed by atoms with van der Waals surface area (Å²) in [4.78, 5) is 4.62. The lowest BCUT2D eigenvalue weighted by atomic mass is 10.2. The van der Waals surface area contributed by atoms with Gasteiger partial charge in [-0.25, -0.2) is 8.42 Å². The van der Waals surface area contributed by atoms with Crippen molar-refractivity contribution in [3.05, 3.63) is 29.8 Å². The van der Waals surface area contributed by atoms with E-state index in [9.17, 15) is 8.42 Å². The number of aliphatic imine (C=N–C) groups is 1. The number of rotatable bonds is 10. The number of hydrogen-bond acceptors (Lipinski definition) is 4. The van der Waals surface area contributed by atoms with E-state index in [-0.39, 0.29) is 0 Å². The number of nitrogens with zero attached hydrogens (tertiary/aromatic N) is 2. The Bertz CT molecular complexity index is 772. The Balaban J connectivity index is 1.50. The van der Waals surface area contributed by atoms with Gasteiger partial charge >= 0.3 is 0 Å². The molecule has 162 valence electrons. The van der Waals surface area contributed by atoms with E-state index >= 15 is 0 Å². The third-order valence-corrected chi connectivity index (χ3v) is 7.38. The summed E-state index contributed by atoms with van der Waals surface area (Å²) in [7, 11) is -1.74. The molecule has 1 heterocycles. The van der Waals surface area contributed by atoms with Gasteiger partial charge in [-0.2, -0.15) is 4.31 Å². The molecule has 1 aliphatic heterocycles. The molecule has 2 aliphatic rings. The number of piperidine rings is 1. The second kappa shape index (κ2) is 10.9. The van der Waals surface area contributed by atoms with E-state index in [4.69, 9.17) is 4.74 Å². The molecule has 2 N–H and O–H groups in total. The fraction of sp³-hybridized carbons (Fsp3) is 0.667. The Labute approximate surface area is 175 Å². The molecule has 7 nitrogen and oxygen atoms in total. The van der Waals surface area contributed by atoms with Crippen molar-refractivity contribution >= 4 is 16.0 Å². The summed E-state index contributed by atoms with van der Waals surface area (Å²) in [6, 6.07) is 7.23. The van der Waals surface area contributed by atoms with Gasteiger partial charge in [0, 0.05) is 46.4 Å². The van der Waals surface area contributed by atoms with Gasteiger partial charge in [0.25, 0.3) is 0 Å². The predicted molar refractivity (Wildman–Crippen MR) is 115 cm³/mol. The number of ether oxygens (including phenoxy) is 1. The molecule has 1 aliphatic carbocycles. The SMILES string of the molecule is CN=C(NCCCOCC1CC1)NCc1ccccc1S(=O)(=O)N1CCCCC1. The van der Waals surface area contributed by atoms with Gasteiger partial charge in [0.15, 0.2) is 5.96 Å². The Morgan fingerprint density at radius 3 is 2.66 bits per heavy atom. The first-order valence-corrected chi connectivity index (χ1v) is 12.2. The minimum absolute atomic E-state index is 0.387. The van der Waals surface area contributed by atoms with E-state index in [2.05, 4.69) is 15.6 Å². The van der Waals surface area contributed by atoms with Crippen molar-refractivity contribution in [1.82, 2.24) is 14.9 Å². The summed E-state index contributed by atoms with van der Waals surface area (Å²) in [6.45, 7) is 4.01. The van der Waals surface area contributed by atoms with Crippen LogP contribution in [0.3, 0.4) is 0 Å². The smallest absolute Gasteiger partial charge is 0.243 e. The number of hydrogen-bond donors (Lipinski definition) is 2. The number of sulfonamides is 1. The van der Waals surface area contributed by atoms with Crippen LogP contribution >= 0.6 is 0 Å². The molecule has 0 bridgehead atoms. The third-order valence-electron chi connectivity index (χ3n) is 5.38. The van der Waals surface area contributed by atoms with Crippen LogP contribution in [0.4, 0.5) is 0 Å². The van der Waals surface area contributed by atoms with Crippen molar-refractivity contribution in [2.45, 2.75) is 50.0 Å². The first-order chi connectivity index (χ1) is 14.1. The van der Waals surface area contributed by atoms with E-state index in [0.29, 0.717) is 30.5 Å². The quantitative estimate of drug-likeness (QED) is 0.344. The van der Waals surface area contributed by atoms with Gasteiger partial charge in [-0.15, -0.1) is 0 Å². The van der Waals surface area contributed by atoms with Crippen LogP contribution in [0.15, 0.2) is 34.2 Å². The highest BCUT2D eigenvalue weighted by atomic mass is 32.2. The topological polar surface area (TPSA) is 83.0 Å². The van der Waals surface area contributed by atoms with Gasteiger partial charge in [-0.05, 0) is 49.7 Å². The van der Waals surface area contributed by atoms with Gasteiger partial charge in [0.1, 0.15) is 0 Å². The average molecular weight is 423 g/mol. The molecule has 8 heteroatoms. The molecule has 29 heavy (non-hydrogen) atoms. The van der Waals surface area contributed by atoms with Gasteiger partial charge in [0.2, 0.25) is 10.0 Å². The normalized spacial score (nSPS) is 18.6. The van der Waals surface area contributed by atoms with Crippen LogP contribution in [0.5, 0.6) is 0 Å². The first-order valence-electron chi connectivity index (χ1n) is 10.7. The summed E-state index contributed by atoms with van der Waals surface area (Å²) < 4.78 is 33.4. The Morgan fingerprint density at radius 2 is 1.93 bits per heavy atom. The zero-order valence-corrected chi connectivity index (χ0v) is 18.2. The van der Waals surface area contributed by atoms with Crippen LogP contribution in [0.2, 0.25) is 0 Å². The minimum atomic E-state index is -3.46. The molecule has 0 unspecified atom stereocenters. The molecule has 0 aromatic heterocycles. The second-order valence-electron chi connectivity index (χ2n) is 7.80. The summed E-state index contributed by atoms with van der Waals surface area (Å²) in [6.07, 6.45) is 6.49. The maximum Gasteiger partial charge on any atom is 0.243 e. The van der Waals surface area contributed by atoms with Crippen LogP contribution in [0.1, 0.15) is 44.1 Å². The maximum absolute atomic E-state index is 13.1. The lowest BCUT2D eigenvalue weighted by Gasteiger charge is -2.27. The van der Waals surface area contributed by atoms with E-state index in [1.54, 1.807) is 23.5 Å². The molecule has 0 radical (unpaired) electrons. The second-order valence-corrected chi connectivity index (χ2v) is 9.70. The van der Waals surface area contributed by atoms with Gasteiger partial charge in [-0.3, -0.25) is 4.99 Å². The van der Waals surface area contributed by atoms with Crippen molar-refractivity contribution in [2.75, 3.05) is 39.9 Å². The van der Waals surface area contributed by atoms with Crippen LogP contribution in [-0.2, 0) is 21.3 Å². The molecule has 2 fully saturated rings.